The van der Waals surface area contributed by atoms with Crippen LogP contribution in [0.3, 0.4) is 0 Å². The number of hydrogen-bond donors (Lipinski definition) is 2. The quantitative estimate of drug-likeness (QED) is 0.484. The second-order valence-electron chi connectivity index (χ2n) is 7.10. The number of nitrogens with zero attached hydrogens (tertiary/aromatic N) is 1. The molecule has 0 radical (unpaired) electrons. The van der Waals surface area contributed by atoms with Crippen molar-refractivity contribution in [2.45, 2.75) is 13.3 Å². The van der Waals surface area contributed by atoms with Crippen LogP contribution in [0, 0.1) is 0 Å². The molecule has 1 aliphatic rings. The molecule has 0 aromatic heterocycles. The van der Waals surface area contributed by atoms with E-state index >= 15 is 0 Å². The Balaban J connectivity index is 1.72. The van der Waals surface area contributed by atoms with Crippen LogP contribution in [0.2, 0.25) is 0 Å². The van der Waals surface area contributed by atoms with Gasteiger partial charge in [0.2, 0.25) is 0 Å². The summed E-state index contributed by atoms with van der Waals surface area (Å²) in [7, 11) is 1.33. The van der Waals surface area contributed by atoms with Crippen LogP contribution in [-0.4, -0.2) is 57.0 Å². The van der Waals surface area contributed by atoms with Crippen LogP contribution in [-0.2, 0) is 9.47 Å². The number of hydrogen-bond acceptors (Lipinski definition) is 7. The largest absolute Gasteiger partial charge is 0.494 e. The summed E-state index contributed by atoms with van der Waals surface area (Å²) in [6, 6.07) is 12.1. The Morgan fingerprint density at radius 2 is 1.78 bits per heavy atom. The molecule has 2 aromatic carbocycles. The van der Waals surface area contributed by atoms with Gasteiger partial charge in [0.25, 0.3) is 5.91 Å². The Morgan fingerprint density at radius 1 is 1.09 bits per heavy atom. The van der Waals surface area contributed by atoms with Gasteiger partial charge in [0.15, 0.2) is 5.11 Å². The molecule has 1 saturated heterocycles. The summed E-state index contributed by atoms with van der Waals surface area (Å²) in [6.45, 7) is 5.28. The van der Waals surface area contributed by atoms with E-state index in [1.165, 1.54) is 7.11 Å². The summed E-state index contributed by atoms with van der Waals surface area (Å²) < 4.78 is 15.8. The zero-order valence-electron chi connectivity index (χ0n) is 18.2. The maximum Gasteiger partial charge on any atom is 0.337 e. The van der Waals surface area contributed by atoms with Crippen molar-refractivity contribution in [1.29, 1.82) is 0 Å². The third kappa shape index (κ3) is 6.18. The number of benzene rings is 2. The molecule has 1 fully saturated rings. The number of thiocarbonyl (C=S) groups is 1. The maximum absolute atomic E-state index is 12.6. The second kappa shape index (κ2) is 11.4. The Morgan fingerprint density at radius 3 is 2.44 bits per heavy atom. The number of esters is 1. The molecule has 0 bridgehead atoms. The van der Waals surface area contributed by atoms with E-state index < -0.39 is 5.97 Å². The van der Waals surface area contributed by atoms with Gasteiger partial charge in [-0.2, -0.15) is 0 Å². The van der Waals surface area contributed by atoms with Crippen molar-refractivity contribution >= 4 is 40.6 Å². The van der Waals surface area contributed by atoms with Crippen molar-refractivity contribution in [2.24, 2.45) is 0 Å². The lowest BCUT2D eigenvalue weighted by Gasteiger charge is -2.31. The molecule has 2 aromatic rings. The molecule has 32 heavy (non-hydrogen) atoms. The van der Waals surface area contributed by atoms with E-state index in [1.54, 1.807) is 36.4 Å². The summed E-state index contributed by atoms with van der Waals surface area (Å²) in [5.74, 6) is -0.0950. The zero-order valence-corrected chi connectivity index (χ0v) is 19.0. The second-order valence-corrected chi connectivity index (χ2v) is 7.51. The molecule has 170 valence electrons. The lowest BCUT2D eigenvalue weighted by Crippen LogP contribution is -2.38. The fourth-order valence-electron chi connectivity index (χ4n) is 3.21. The molecule has 0 unspecified atom stereocenters. The standard InChI is InChI=1S/C23H27N3O5S/c1-3-12-31-18-7-4-16(5-8-18)21(27)25-23(32)24-19-15-17(22(28)29-2)6-9-20(19)26-10-13-30-14-11-26/h4-9,15H,3,10-14H2,1-2H3,(H2,24,25,27,32). The Labute approximate surface area is 192 Å². The lowest BCUT2D eigenvalue weighted by molar-refractivity contribution is 0.0600. The normalized spacial score (nSPS) is 13.2. The van der Waals surface area contributed by atoms with Crippen LogP contribution in [0.15, 0.2) is 42.5 Å². The first-order valence-electron chi connectivity index (χ1n) is 10.4. The predicted octanol–water partition coefficient (Wildman–Crippen LogP) is 3.23. The minimum atomic E-state index is -0.457. The Hall–Kier alpha value is -3.17. The smallest absolute Gasteiger partial charge is 0.337 e. The number of methoxy groups -OCH3 is 1. The van der Waals surface area contributed by atoms with E-state index in [0.29, 0.717) is 55.5 Å². The minimum Gasteiger partial charge on any atom is -0.494 e. The molecule has 1 heterocycles. The van der Waals surface area contributed by atoms with E-state index in [9.17, 15) is 9.59 Å². The molecule has 1 aliphatic heterocycles. The summed E-state index contributed by atoms with van der Waals surface area (Å²) in [5.41, 5.74) is 2.29. The molecule has 0 atom stereocenters. The van der Waals surface area contributed by atoms with Crippen LogP contribution in [0.1, 0.15) is 34.1 Å². The van der Waals surface area contributed by atoms with Crippen LogP contribution in [0.4, 0.5) is 11.4 Å². The Bertz CT molecular complexity index is 959. The average Bonchev–Trinajstić information content (AvgIpc) is 2.83. The van der Waals surface area contributed by atoms with Gasteiger partial charge in [-0.15, -0.1) is 0 Å². The van der Waals surface area contributed by atoms with Crippen molar-refractivity contribution in [2.75, 3.05) is 50.2 Å². The third-order valence-corrected chi connectivity index (χ3v) is 5.04. The number of amides is 1. The number of carbonyl (C=O) groups is 2. The predicted molar refractivity (Wildman–Crippen MR) is 127 cm³/mol. The number of nitrogens with one attached hydrogen (secondary N) is 2. The molecular weight excluding hydrogens is 430 g/mol. The topological polar surface area (TPSA) is 89.1 Å². The summed E-state index contributed by atoms with van der Waals surface area (Å²) in [4.78, 5) is 26.7. The summed E-state index contributed by atoms with van der Waals surface area (Å²) in [5, 5.41) is 5.86. The van der Waals surface area contributed by atoms with Gasteiger partial charge < -0.3 is 24.4 Å². The maximum atomic E-state index is 12.6. The first kappa shape index (κ1) is 23.5. The zero-order chi connectivity index (χ0) is 22.9. The minimum absolute atomic E-state index is 0.123. The molecule has 0 spiro atoms. The molecule has 2 N–H and O–H groups in total. The van der Waals surface area contributed by atoms with Gasteiger partial charge in [0, 0.05) is 18.7 Å². The van der Waals surface area contributed by atoms with Crippen LogP contribution < -0.4 is 20.3 Å². The summed E-state index contributed by atoms with van der Waals surface area (Å²) in [6.07, 6.45) is 0.909. The van der Waals surface area contributed by atoms with Crippen molar-refractivity contribution in [3.63, 3.8) is 0 Å². The third-order valence-electron chi connectivity index (χ3n) is 4.83. The van der Waals surface area contributed by atoms with E-state index in [4.69, 9.17) is 26.4 Å². The highest BCUT2D eigenvalue weighted by Crippen LogP contribution is 2.28. The van der Waals surface area contributed by atoms with Crippen LogP contribution in [0.25, 0.3) is 0 Å². The van der Waals surface area contributed by atoms with E-state index in [2.05, 4.69) is 15.5 Å². The first-order valence-corrected chi connectivity index (χ1v) is 10.8. The van der Waals surface area contributed by atoms with E-state index in [1.807, 2.05) is 13.0 Å². The molecule has 9 heteroatoms. The fraction of sp³-hybridized carbons (Fsp3) is 0.348. The van der Waals surface area contributed by atoms with Crippen LogP contribution in [0.5, 0.6) is 5.75 Å². The highest BCUT2D eigenvalue weighted by Gasteiger charge is 2.18. The van der Waals surface area contributed by atoms with Gasteiger partial charge in [-0.3, -0.25) is 10.1 Å². The van der Waals surface area contributed by atoms with Gasteiger partial charge in [-0.05, 0) is 61.1 Å². The van der Waals surface area contributed by atoms with Crippen molar-refractivity contribution < 1.29 is 23.8 Å². The number of ether oxygens (including phenoxy) is 3. The first-order chi connectivity index (χ1) is 15.5. The molecular formula is C23H27N3O5S. The average molecular weight is 458 g/mol. The van der Waals surface area contributed by atoms with Crippen molar-refractivity contribution in [3.8, 4) is 5.75 Å². The highest BCUT2D eigenvalue weighted by atomic mass is 32.1. The van der Waals surface area contributed by atoms with Gasteiger partial charge in [-0.25, -0.2) is 4.79 Å². The van der Waals surface area contributed by atoms with E-state index in [-0.39, 0.29) is 11.0 Å². The van der Waals surface area contributed by atoms with Crippen molar-refractivity contribution in [1.82, 2.24) is 5.32 Å². The monoisotopic (exact) mass is 457 g/mol. The Kier molecular flexibility index (Phi) is 8.41. The molecule has 0 saturated carbocycles. The summed E-state index contributed by atoms with van der Waals surface area (Å²) >= 11 is 5.37. The molecule has 1 amide bonds. The van der Waals surface area contributed by atoms with Gasteiger partial charge in [0.05, 0.1) is 43.9 Å². The fourth-order valence-corrected chi connectivity index (χ4v) is 3.41. The number of rotatable bonds is 7. The highest BCUT2D eigenvalue weighted by molar-refractivity contribution is 7.80. The molecule has 0 aliphatic carbocycles. The van der Waals surface area contributed by atoms with Gasteiger partial charge in [0.1, 0.15) is 5.75 Å². The van der Waals surface area contributed by atoms with Gasteiger partial charge in [-0.1, -0.05) is 6.92 Å². The lowest BCUT2D eigenvalue weighted by atomic mass is 10.1. The van der Waals surface area contributed by atoms with Crippen LogP contribution >= 0.6 is 12.2 Å². The van der Waals surface area contributed by atoms with E-state index in [0.717, 1.165) is 12.1 Å². The SMILES string of the molecule is CCCOc1ccc(C(=O)NC(=S)Nc2cc(C(=O)OC)ccc2N2CCOCC2)cc1. The molecule has 8 nitrogen and oxygen atoms in total. The van der Waals surface area contributed by atoms with Crippen molar-refractivity contribution in [3.05, 3.63) is 53.6 Å². The number of morpholine rings is 1. The number of carbonyl (C=O) groups excluding carboxylic acids is 2. The van der Waals surface area contributed by atoms with Gasteiger partial charge >= 0.3 is 5.97 Å². The molecule has 3 rings (SSSR count). The number of anilines is 2.